The SMILES string of the molecule is Cc1cccc(Cn2cc3c(c2C(=O)N2C[C@](C)(O)CO2)c(=O)n(C)c(=O)n3CC(C)C)c1C. The van der Waals surface area contributed by atoms with Gasteiger partial charge in [0.1, 0.15) is 17.9 Å². The summed E-state index contributed by atoms with van der Waals surface area (Å²) < 4.78 is 4.33. The molecular weight excluding hydrogens is 436 g/mol. The van der Waals surface area contributed by atoms with Gasteiger partial charge in [0, 0.05) is 26.3 Å². The Labute approximate surface area is 197 Å². The smallest absolute Gasteiger partial charge is 0.331 e. The number of hydrogen-bond acceptors (Lipinski definition) is 5. The second kappa shape index (κ2) is 8.56. The Morgan fingerprint density at radius 2 is 1.94 bits per heavy atom. The molecule has 1 aliphatic rings. The van der Waals surface area contributed by atoms with Crippen molar-refractivity contribution in [2.24, 2.45) is 13.0 Å². The van der Waals surface area contributed by atoms with Gasteiger partial charge in [-0.1, -0.05) is 32.0 Å². The number of carbonyl (C=O) groups is 1. The molecule has 4 rings (SSSR count). The molecule has 1 amide bonds. The van der Waals surface area contributed by atoms with Crippen LogP contribution >= 0.6 is 0 Å². The van der Waals surface area contributed by atoms with Crippen LogP contribution in [0, 0.1) is 19.8 Å². The van der Waals surface area contributed by atoms with E-state index in [0.717, 1.165) is 26.3 Å². The minimum absolute atomic E-state index is 0.0199. The van der Waals surface area contributed by atoms with E-state index in [2.05, 4.69) is 0 Å². The van der Waals surface area contributed by atoms with Crippen LogP contribution in [0.25, 0.3) is 10.9 Å². The first kappa shape index (κ1) is 24.0. The molecule has 1 fully saturated rings. The van der Waals surface area contributed by atoms with Gasteiger partial charge in [-0.3, -0.25) is 23.6 Å². The molecule has 0 bridgehead atoms. The average Bonchev–Trinajstić information content (AvgIpc) is 3.32. The fraction of sp³-hybridized carbons (Fsp3) is 0.480. The maximum absolute atomic E-state index is 13.7. The van der Waals surface area contributed by atoms with Crippen LogP contribution in [0.1, 0.15) is 48.0 Å². The Morgan fingerprint density at radius 3 is 2.56 bits per heavy atom. The fourth-order valence-corrected chi connectivity index (χ4v) is 4.42. The van der Waals surface area contributed by atoms with Crippen molar-refractivity contribution >= 4 is 16.8 Å². The highest BCUT2D eigenvalue weighted by Crippen LogP contribution is 2.26. The molecule has 1 saturated heterocycles. The minimum Gasteiger partial charge on any atom is -0.386 e. The number of aryl methyl sites for hydroxylation is 1. The molecule has 1 N–H and O–H groups in total. The van der Waals surface area contributed by atoms with Crippen LogP contribution in [-0.4, -0.2) is 48.5 Å². The molecule has 0 unspecified atom stereocenters. The van der Waals surface area contributed by atoms with Gasteiger partial charge in [-0.2, -0.15) is 0 Å². The Hall–Kier alpha value is -3.17. The molecular formula is C25H32N4O5. The number of aliphatic hydroxyl groups is 1. The van der Waals surface area contributed by atoms with Crippen LogP contribution in [-0.2, 0) is 25.0 Å². The number of aromatic nitrogens is 3. The first-order valence-corrected chi connectivity index (χ1v) is 11.5. The highest BCUT2D eigenvalue weighted by Gasteiger charge is 2.38. The van der Waals surface area contributed by atoms with Crippen LogP contribution < -0.4 is 11.2 Å². The van der Waals surface area contributed by atoms with E-state index in [9.17, 15) is 19.5 Å². The quantitative estimate of drug-likeness (QED) is 0.617. The van der Waals surface area contributed by atoms with Crippen molar-refractivity contribution in [3.63, 3.8) is 0 Å². The molecule has 0 aliphatic carbocycles. The van der Waals surface area contributed by atoms with Crippen LogP contribution in [0.3, 0.4) is 0 Å². The van der Waals surface area contributed by atoms with Gasteiger partial charge in [-0.15, -0.1) is 0 Å². The fourth-order valence-electron chi connectivity index (χ4n) is 4.42. The van der Waals surface area contributed by atoms with Gasteiger partial charge in [0.2, 0.25) is 0 Å². The number of hydrogen-bond donors (Lipinski definition) is 1. The summed E-state index contributed by atoms with van der Waals surface area (Å²) in [6.07, 6.45) is 1.71. The summed E-state index contributed by atoms with van der Waals surface area (Å²) >= 11 is 0. The Morgan fingerprint density at radius 1 is 1.24 bits per heavy atom. The van der Waals surface area contributed by atoms with E-state index in [0.29, 0.717) is 18.6 Å². The average molecular weight is 469 g/mol. The lowest BCUT2D eigenvalue weighted by atomic mass is 10.0. The highest BCUT2D eigenvalue weighted by molar-refractivity contribution is 6.05. The molecule has 2 aromatic heterocycles. The van der Waals surface area contributed by atoms with E-state index in [1.807, 2.05) is 45.9 Å². The molecule has 1 aliphatic heterocycles. The predicted molar refractivity (Wildman–Crippen MR) is 129 cm³/mol. The zero-order chi connectivity index (χ0) is 24.9. The first-order valence-electron chi connectivity index (χ1n) is 11.5. The highest BCUT2D eigenvalue weighted by atomic mass is 16.7. The Bertz CT molecular complexity index is 1390. The van der Waals surface area contributed by atoms with E-state index < -0.39 is 22.8 Å². The third-order valence-corrected chi connectivity index (χ3v) is 6.44. The van der Waals surface area contributed by atoms with Gasteiger partial charge in [-0.05, 0) is 43.4 Å². The molecule has 0 radical (unpaired) electrons. The summed E-state index contributed by atoms with van der Waals surface area (Å²) in [6, 6.07) is 5.96. The maximum Gasteiger partial charge on any atom is 0.331 e. The van der Waals surface area contributed by atoms with Crippen molar-refractivity contribution in [3.8, 4) is 0 Å². The second-order valence-corrected chi connectivity index (χ2v) is 9.99. The Kier molecular flexibility index (Phi) is 6.03. The summed E-state index contributed by atoms with van der Waals surface area (Å²) in [4.78, 5) is 45.5. The summed E-state index contributed by atoms with van der Waals surface area (Å²) in [6.45, 7) is 10.3. The number of nitrogens with zero attached hydrogens (tertiary/aromatic N) is 4. The van der Waals surface area contributed by atoms with Crippen molar-refractivity contribution < 1.29 is 14.7 Å². The van der Waals surface area contributed by atoms with Crippen molar-refractivity contribution in [2.45, 2.75) is 53.3 Å². The normalized spacial score (nSPS) is 18.4. The van der Waals surface area contributed by atoms with Gasteiger partial charge in [0.25, 0.3) is 11.5 Å². The van der Waals surface area contributed by atoms with E-state index in [4.69, 9.17) is 4.84 Å². The molecule has 34 heavy (non-hydrogen) atoms. The monoisotopic (exact) mass is 468 g/mol. The number of benzene rings is 1. The summed E-state index contributed by atoms with van der Waals surface area (Å²) in [5.74, 6) is -0.373. The number of carbonyl (C=O) groups excluding carboxylic acids is 1. The molecule has 3 aromatic rings. The first-order chi connectivity index (χ1) is 15.9. The lowest BCUT2D eigenvalue weighted by molar-refractivity contribution is -0.0801. The van der Waals surface area contributed by atoms with Crippen molar-refractivity contribution in [1.82, 2.24) is 18.8 Å². The summed E-state index contributed by atoms with van der Waals surface area (Å²) in [5, 5.41) is 11.6. The molecule has 182 valence electrons. The molecule has 9 nitrogen and oxygen atoms in total. The van der Waals surface area contributed by atoms with E-state index >= 15 is 0 Å². The Balaban J connectivity index is 1.99. The standard InChI is InChI=1S/C25H32N4O5/c1-15(2)10-28-19-12-27(11-18-9-7-8-16(3)17(18)4)21(20(19)22(30)26(6)24(28)32)23(31)29-13-25(5,33)14-34-29/h7-9,12,15,33H,10-11,13-14H2,1-6H3/t25-/m0/s1. The summed E-state index contributed by atoms with van der Waals surface area (Å²) in [7, 11) is 1.42. The largest absolute Gasteiger partial charge is 0.386 e. The van der Waals surface area contributed by atoms with Gasteiger partial charge < -0.3 is 9.67 Å². The number of amides is 1. The lowest BCUT2D eigenvalue weighted by Crippen LogP contribution is -2.40. The molecule has 3 heterocycles. The molecule has 1 aromatic carbocycles. The van der Waals surface area contributed by atoms with Gasteiger partial charge in [0.05, 0.1) is 17.4 Å². The van der Waals surface area contributed by atoms with E-state index in [1.54, 1.807) is 22.3 Å². The maximum atomic E-state index is 13.7. The van der Waals surface area contributed by atoms with Crippen molar-refractivity contribution in [3.05, 3.63) is 67.6 Å². The number of β-amino-alcohol motifs (C(OH)–C–C–N with tert-alkyl or cyclic N) is 1. The van der Waals surface area contributed by atoms with Crippen LogP contribution in [0.4, 0.5) is 0 Å². The molecule has 0 spiro atoms. The van der Waals surface area contributed by atoms with E-state index in [1.165, 1.54) is 7.05 Å². The lowest BCUT2D eigenvalue weighted by Gasteiger charge is -2.18. The van der Waals surface area contributed by atoms with Crippen molar-refractivity contribution in [1.29, 1.82) is 0 Å². The van der Waals surface area contributed by atoms with Crippen LogP contribution in [0.5, 0.6) is 0 Å². The molecule has 0 saturated carbocycles. The number of rotatable bonds is 5. The predicted octanol–water partition coefficient (Wildman–Crippen LogP) is 1.96. The van der Waals surface area contributed by atoms with Gasteiger partial charge >= 0.3 is 5.69 Å². The zero-order valence-corrected chi connectivity index (χ0v) is 20.6. The molecule has 9 heteroatoms. The third kappa shape index (κ3) is 4.10. The topological polar surface area (TPSA) is 98.7 Å². The van der Waals surface area contributed by atoms with Crippen LogP contribution in [0.15, 0.2) is 34.0 Å². The summed E-state index contributed by atoms with van der Waals surface area (Å²) in [5.41, 5.74) is 1.63. The van der Waals surface area contributed by atoms with E-state index in [-0.39, 0.29) is 30.1 Å². The van der Waals surface area contributed by atoms with Gasteiger partial charge in [-0.25, -0.2) is 9.86 Å². The number of fused-ring (bicyclic) bond motifs is 1. The van der Waals surface area contributed by atoms with Gasteiger partial charge in [0.15, 0.2) is 0 Å². The number of hydroxylamine groups is 2. The molecule has 1 atom stereocenters. The van der Waals surface area contributed by atoms with Crippen molar-refractivity contribution in [2.75, 3.05) is 13.2 Å². The zero-order valence-electron chi connectivity index (χ0n) is 20.6. The van der Waals surface area contributed by atoms with Crippen LogP contribution in [0.2, 0.25) is 0 Å². The third-order valence-electron chi connectivity index (χ3n) is 6.44. The second-order valence-electron chi connectivity index (χ2n) is 9.99. The minimum atomic E-state index is -1.18.